The Hall–Kier alpha value is -3.05. The lowest BCUT2D eigenvalue weighted by molar-refractivity contribution is -0.191. The number of pyridine rings is 1. The number of alkyl halides is 12. The summed E-state index contributed by atoms with van der Waals surface area (Å²) in [4.78, 5) is 28.8. The normalized spacial score (nSPS) is 18.8. The first kappa shape index (κ1) is 31.5. The zero-order valence-corrected chi connectivity index (χ0v) is 20.9. The Morgan fingerprint density at radius 3 is 1.93 bits per heavy atom. The van der Waals surface area contributed by atoms with E-state index in [2.05, 4.69) is 20.9 Å². The quantitative estimate of drug-likeness (QED) is 0.288. The summed E-state index contributed by atoms with van der Waals surface area (Å²) < 4.78 is 160. The first-order valence-corrected chi connectivity index (χ1v) is 11.5. The molecule has 2 amide bonds. The van der Waals surface area contributed by atoms with Crippen molar-refractivity contribution in [3.63, 3.8) is 0 Å². The van der Waals surface area contributed by atoms with E-state index in [9.17, 15) is 62.3 Å². The van der Waals surface area contributed by atoms with Gasteiger partial charge in [-0.3, -0.25) is 14.5 Å². The summed E-state index contributed by atoms with van der Waals surface area (Å²) in [5.74, 6) is -3.78. The molecule has 1 aromatic heterocycles. The van der Waals surface area contributed by atoms with Gasteiger partial charge in [-0.15, -0.1) is 0 Å². The standard InChI is InChI=1S/C22H14BrF12N3O2/c23-16-10(9-36-15(39)8-19(24,25)26)1-2-14(37-16)38-4-3-18(17(38)40,22(33,34)35)11-5-12(20(27,28)29)7-13(6-11)21(30,31)32/h1-2,5-7H,3-4,8-9H2,(H,36,39). The lowest BCUT2D eigenvalue weighted by atomic mass is 9.77. The number of nitrogens with zero attached hydrogens (tertiary/aromatic N) is 2. The maximum absolute atomic E-state index is 14.4. The van der Waals surface area contributed by atoms with Crippen molar-refractivity contribution in [1.29, 1.82) is 0 Å². The molecule has 1 aliphatic heterocycles. The van der Waals surface area contributed by atoms with Crippen LogP contribution in [0.1, 0.15) is 35.1 Å². The largest absolute Gasteiger partial charge is 0.416 e. The van der Waals surface area contributed by atoms with E-state index in [1.807, 2.05) is 5.32 Å². The van der Waals surface area contributed by atoms with Crippen molar-refractivity contribution in [3.05, 3.63) is 57.2 Å². The van der Waals surface area contributed by atoms with Crippen molar-refractivity contribution in [2.75, 3.05) is 11.4 Å². The van der Waals surface area contributed by atoms with Crippen molar-refractivity contribution in [2.45, 2.75) is 49.5 Å². The Labute approximate surface area is 224 Å². The first-order chi connectivity index (χ1) is 18.1. The van der Waals surface area contributed by atoms with Crippen LogP contribution in [0.5, 0.6) is 0 Å². The van der Waals surface area contributed by atoms with Crippen LogP contribution >= 0.6 is 15.9 Å². The zero-order valence-electron chi connectivity index (χ0n) is 19.3. The summed E-state index contributed by atoms with van der Waals surface area (Å²) in [5.41, 5.74) is -9.37. The number of hydrogen-bond acceptors (Lipinski definition) is 3. The highest BCUT2D eigenvalue weighted by Crippen LogP contribution is 2.51. The summed E-state index contributed by atoms with van der Waals surface area (Å²) in [7, 11) is 0. The fraction of sp³-hybridized carbons (Fsp3) is 0.409. The van der Waals surface area contributed by atoms with E-state index < -0.39 is 90.4 Å². The highest BCUT2D eigenvalue weighted by Gasteiger charge is 2.66. The van der Waals surface area contributed by atoms with Gasteiger partial charge < -0.3 is 5.32 Å². The molecular formula is C22H14BrF12N3O2. The van der Waals surface area contributed by atoms with Gasteiger partial charge in [-0.2, -0.15) is 52.7 Å². The second kappa shape index (κ2) is 10.4. The predicted octanol–water partition coefficient (Wildman–Crippen LogP) is 6.69. The minimum Gasteiger partial charge on any atom is -0.352 e. The van der Waals surface area contributed by atoms with Gasteiger partial charge in [0, 0.05) is 18.7 Å². The van der Waals surface area contributed by atoms with E-state index in [0.717, 1.165) is 12.1 Å². The van der Waals surface area contributed by atoms with Gasteiger partial charge in [-0.25, -0.2) is 4.98 Å². The molecule has 0 spiro atoms. The first-order valence-electron chi connectivity index (χ1n) is 10.7. The number of halogens is 13. The van der Waals surface area contributed by atoms with Gasteiger partial charge in [0.2, 0.25) is 11.8 Å². The summed E-state index contributed by atoms with van der Waals surface area (Å²) in [6, 6.07) is 1.37. The van der Waals surface area contributed by atoms with E-state index in [4.69, 9.17) is 0 Å². The number of anilines is 1. The van der Waals surface area contributed by atoms with Crippen molar-refractivity contribution < 1.29 is 62.3 Å². The van der Waals surface area contributed by atoms with Crippen LogP contribution in [0.4, 0.5) is 58.5 Å². The minimum atomic E-state index is -5.63. The maximum atomic E-state index is 14.4. The predicted molar refractivity (Wildman–Crippen MR) is 116 cm³/mol. The van der Waals surface area contributed by atoms with E-state index in [1.54, 1.807) is 0 Å². The third kappa shape index (κ3) is 6.46. The number of benzene rings is 1. The smallest absolute Gasteiger partial charge is 0.352 e. The molecule has 1 N–H and O–H groups in total. The number of carbonyl (C=O) groups is 2. The van der Waals surface area contributed by atoms with Crippen LogP contribution < -0.4 is 10.2 Å². The van der Waals surface area contributed by atoms with Gasteiger partial charge in [-0.05, 0) is 52.2 Å². The Morgan fingerprint density at radius 2 is 1.48 bits per heavy atom. The van der Waals surface area contributed by atoms with E-state index in [-0.39, 0.29) is 28.4 Å². The highest BCUT2D eigenvalue weighted by atomic mass is 79.9. The third-order valence-electron chi connectivity index (χ3n) is 5.91. The number of amides is 2. The topological polar surface area (TPSA) is 62.3 Å². The second-order valence-electron chi connectivity index (χ2n) is 8.59. The van der Waals surface area contributed by atoms with Gasteiger partial charge in [0.1, 0.15) is 16.8 Å². The van der Waals surface area contributed by atoms with Crippen molar-refractivity contribution in [3.8, 4) is 0 Å². The molecule has 1 aromatic carbocycles. The van der Waals surface area contributed by atoms with Crippen molar-refractivity contribution in [2.24, 2.45) is 0 Å². The Balaban J connectivity index is 2.00. The van der Waals surface area contributed by atoms with Crippen molar-refractivity contribution in [1.82, 2.24) is 10.3 Å². The average molecular weight is 660 g/mol. The lowest BCUT2D eigenvalue weighted by Gasteiger charge is -2.31. The molecule has 220 valence electrons. The van der Waals surface area contributed by atoms with Gasteiger partial charge in [0.05, 0.1) is 11.1 Å². The zero-order chi connectivity index (χ0) is 30.5. The molecule has 1 fully saturated rings. The van der Waals surface area contributed by atoms with Crippen molar-refractivity contribution >= 4 is 33.6 Å². The highest BCUT2D eigenvalue weighted by molar-refractivity contribution is 9.10. The monoisotopic (exact) mass is 659 g/mol. The van der Waals surface area contributed by atoms with Gasteiger partial charge in [0.25, 0.3) is 0 Å². The third-order valence-corrected chi connectivity index (χ3v) is 6.60. The Bertz CT molecular complexity index is 1270. The summed E-state index contributed by atoms with van der Waals surface area (Å²) in [5, 5.41) is 1.94. The fourth-order valence-electron chi connectivity index (χ4n) is 4.01. The molecule has 5 nitrogen and oxygen atoms in total. The summed E-state index contributed by atoms with van der Waals surface area (Å²) in [6.45, 7) is -1.31. The molecule has 0 aliphatic carbocycles. The fourth-order valence-corrected chi connectivity index (χ4v) is 4.46. The molecule has 2 aromatic rings. The van der Waals surface area contributed by atoms with Crippen LogP contribution in [-0.4, -0.2) is 35.7 Å². The molecule has 1 unspecified atom stereocenters. The summed E-state index contributed by atoms with van der Waals surface area (Å²) >= 11 is 2.91. The summed E-state index contributed by atoms with van der Waals surface area (Å²) in [6.07, 6.45) is -24.4. The Morgan fingerprint density at radius 1 is 0.925 bits per heavy atom. The molecule has 0 radical (unpaired) electrons. The van der Waals surface area contributed by atoms with Crippen LogP contribution in [0.3, 0.4) is 0 Å². The van der Waals surface area contributed by atoms with E-state index in [1.165, 1.54) is 0 Å². The van der Waals surface area contributed by atoms with Crippen LogP contribution in [0.2, 0.25) is 0 Å². The molecule has 1 aliphatic rings. The van der Waals surface area contributed by atoms with Gasteiger partial charge in [0.15, 0.2) is 5.41 Å². The molecule has 1 atom stereocenters. The van der Waals surface area contributed by atoms with Gasteiger partial charge in [-0.1, -0.05) is 6.07 Å². The molecule has 40 heavy (non-hydrogen) atoms. The number of nitrogens with one attached hydrogen (secondary N) is 1. The molecule has 3 rings (SSSR count). The molecular weight excluding hydrogens is 646 g/mol. The van der Waals surface area contributed by atoms with Crippen LogP contribution in [-0.2, 0) is 33.9 Å². The lowest BCUT2D eigenvalue weighted by Crippen LogP contribution is -2.49. The average Bonchev–Trinajstić information content (AvgIpc) is 3.13. The number of aromatic nitrogens is 1. The molecule has 0 bridgehead atoms. The molecule has 0 saturated carbocycles. The molecule has 18 heteroatoms. The van der Waals surface area contributed by atoms with Gasteiger partial charge >= 0.3 is 24.7 Å². The number of hydrogen-bond donors (Lipinski definition) is 1. The van der Waals surface area contributed by atoms with Crippen LogP contribution in [0.25, 0.3) is 0 Å². The SMILES string of the molecule is O=C(CC(F)(F)F)NCc1ccc(N2CCC(c3cc(C(F)(F)F)cc(C(F)(F)F)c3)(C(F)(F)F)C2=O)nc1Br. The molecule has 1 saturated heterocycles. The minimum absolute atomic E-state index is 0.0423. The Kier molecular flexibility index (Phi) is 8.19. The van der Waals surface area contributed by atoms with E-state index >= 15 is 0 Å². The number of carbonyl (C=O) groups excluding carboxylic acids is 2. The number of rotatable bonds is 5. The van der Waals surface area contributed by atoms with Crippen LogP contribution in [0, 0.1) is 0 Å². The van der Waals surface area contributed by atoms with E-state index in [0.29, 0.717) is 4.90 Å². The second-order valence-corrected chi connectivity index (χ2v) is 9.34. The van der Waals surface area contributed by atoms with Crippen LogP contribution in [0.15, 0.2) is 34.9 Å². The molecule has 2 heterocycles. The maximum Gasteiger partial charge on any atom is 0.416 e.